The number of halogens is 1. The van der Waals surface area contributed by atoms with Gasteiger partial charge in [0.2, 0.25) is 0 Å². The summed E-state index contributed by atoms with van der Waals surface area (Å²) >= 11 is 0. The fourth-order valence-electron chi connectivity index (χ4n) is 5.35. The maximum absolute atomic E-state index is 4.53. The smallest absolute Gasteiger partial charge is 0.193 e. The number of pyridine rings is 1. The van der Waals surface area contributed by atoms with E-state index in [1.165, 1.54) is 49.9 Å². The molecule has 0 aromatic carbocycles. The molecule has 3 atom stereocenters. The monoisotopic (exact) mass is 483 g/mol. The lowest BCUT2D eigenvalue weighted by atomic mass is 9.93. The van der Waals surface area contributed by atoms with Gasteiger partial charge in [0.1, 0.15) is 0 Å². The first-order valence-corrected chi connectivity index (χ1v) is 10.3. The van der Waals surface area contributed by atoms with Crippen LogP contribution in [0.4, 0.5) is 0 Å². The second kappa shape index (κ2) is 9.54. The Morgan fingerprint density at radius 2 is 2.04 bits per heavy atom. The summed E-state index contributed by atoms with van der Waals surface area (Å²) in [6, 6.07) is 2.99. The molecule has 3 aliphatic rings. The quantitative estimate of drug-likeness (QED) is 0.407. The van der Waals surface area contributed by atoms with Gasteiger partial charge in [0.15, 0.2) is 5.96 Å². The van der Waals surface area contributed by atoms with Crippen LogP contribution in [0.3, 0.4) is 0 Å². The van der Waals surface area contributed by atoms with Crippen LogP contribution in [0.15, 0.2) is 23.5 Å². The van der Waals surface area contributed by atoms with E-state index in [4.69, 9.17) is 0 Å². The highest BCUT2D eigenvalue weighted by Gasteiger charge is 2.42. The fraction of sp³-hybridized carbons (Fsp3) is 0.714. The molecule has 1 aliphatic heterocycles. The number of aryl methyl sites for hydroxylation is 1. The van der Waals surface area contributed by atoms with Gasteiger partial charge >= 0.3 is 0 Å². The Morgan fingerprint density at radius 3 is 2.67 bits per heavy atom. The van der Waals surface area contributed by atoms with E-state index in [9.17, 15) is 0 Å². The van der Waals surface area contributed by atoms with Gasteiger partial charge < -0.3 is 10.2 Å². The van der Waals surface area contributed by atoms with Crippen molar-refractivity contribution in [1.29, 1.82) is 0 Å². The molecule has 0 amide bonds. The number of hydrogen-bond acceptors (Lipinski definition) is 3. The third-order valence-electron chi connectivity index (χ3n) is 6.81. The van der Waals surface area contributed by atoms with Gasteiger partial charge in [-0.2, -0.15) is 0 Å². The molecule has 2 bridgehead atoms. The zero-order valence-corrected chi connectivity index (χ0v) is 19.1. The Bertz CT molecular complexity index is 641. The molecule has 2 aliphatic carbocycles. The predicted octanol–water partition coefficient (Wildman–Crippen LogP) is 2.93. The first-order chi connectivity index (χ1) is 12.7. The molecule has 1 aromatic heterocycles. The van der Waals surface area contributed by atoms with Crippen molar-refractivity contribution >= 4 is 29.9 Å². The summed E-state index contributed by atoms with van der Waals surface area (Å²) in [4.78, 5) is 13.9. The van der Waals surface area contributed by atoms with Gasteiger partial charge in [-0.05, 0) is 61.6 Å². The standard InChI is InChI=1S/C21H33N5.HI/c1-16-15-23-7-5-18(16)6-8-24-21(22-2)26-11-9-25(10-12-26)20-14-17-3-4-19(20)13-17;/h5,7,15,17,19-20H,3-4,6,8-14H2,1-2H3,(H,22,24);1H. The molecule has 2 saturated carbocycles. The highest BCUT2D eigenvalue weighted by molar-refractivity contribution is 14.0. The summed E-state index contributed by atoms with van der Waals surface area (Å²) in [7, 11) is 1.91. The first kappa shape index (κ1) is 20.8. The summed E-state index contributed by atoms with van der Waals surface area (Å²) in [6.07, 6.45) is 10.8. The van der Waals surface area contributed by atoms with Crippen LogP contribution >= 0.6 is 24.0 Å². The minimum Gasteiger partial charge on any atom is -0.356 e. The number of nitrogens with zero attached hydrogens (tertiary/aromatic N) is 4. The molecule has 3 unspecified atom stereocenters. The molecule has 1 aromatic rings. The van der Waals surface area contributed by atoms with Crippen molar-refractivity contribution in [2.45, 2.75) is 45.1 Å². The van der Waals surface area contributed by atoms with Crippen LogP contribution in [0.25, 0.3) is 0 Å². The van der Waals surface area contributed by atoms with Gasteiger partial charge in [0.25, 0.3) is 0 Å². The lowest BCUT2D eigenvalue weighted by Gasteiger charge is -2.42. The summed E-state index contributed by atoms with van der Waals surface area (Å²) in [5, 5.41) is 3.56. The van der Waals surface area contributed by atoms with Crippen molar-refractivity contribution in [3.63, 3.8) is 0 Å². The molecule has 3 fully saturated rings. The summed E-state index contributed by atoms with van der Waals surface area (Å²) in [5.41, 5.74) is 2.63. The Kier molecular flexibility index (Phi) is 7.36. The molecule has 150 valence electrons. The highest BCUT2D eigenvalue weighted by atomic mass is 127. The van der Waals surface area contributed by atoms with Crippen LogP contribution in [0, 0.1) is 18.8 Å². The SMILES string of the molecule is CN=C(NCCc1ccncc1C)N1CCN(C2CC3CCC2C3)CC1.I. The Hall–Kier alpha value is -0.890. The second-order valence-corrected chi connectivity index (χ2v) is 8.29. The fourth-order valence-corrected chi connectivity index (χ4v) is 5.35. The number of fused-ring (bicyclic) bond motifs is 2. The number of aliphatic imine (C=N–C) groups is 1. The Balaban J connectivity index is 0.00000210. The van der Waals surface area contributed by atoms with Gasteiger partial charge in [0, 0.05) is 58.2 Å². The molecular weight excluding hydrogens is 449 g/mol. The Morgan fingerprint density at radius 1 is 1.22 bits per heavy atom. The summed E-state index contributed by atoms with van der Waals surface area (Å²) in [6.45, 7) is 7.63. The molecule has 6 heteroatoms. The molecule has 27 heavy (non-hydrogen) atoms. The van der Waals surface area contributed by atoms with E-state index in [1.54, 1.807) is 0 Å². The van der Waals surface area contributed by atoms with Crippen LogP contribution in [0.2, 0.25) is 0 Å². The number of piperazine rings is 1. The number of nitrogens with one attached hydrogen (secondary N) is 1. The van der Waals surface area contributed by atoms with E-state index in [2.05, 4.69) is 38.1 Å². The number of rotatable bonds is 4. The van der Waals surface area contributed by atoms with Gasteiger partial charge in [-0.25, -0.2) is 0 Å². The maximum Gasteiger partial charge on any atom is 0.193 e. The van der Waals surface area contributed by atoms with Gasteiger partial charge in [-0.15, -0.1) is 24.0 Å². The largest absolute Gasteiger partial charge is 0.356 e. The third kappa shape index (κ3) is 4.75. The van der Waals surface area contributed by atoms with Gasteiger partial charge in [0.05, 0.1) is 0 Å². The van der Waals surface area contributed by atoms with Gasteiger partial charge in [-0.3, -0.25) is 14.9 Å². The van der Waals surface area contributed by atoms with Crippen molar-refractivity contribution in [3.8, 4) is 0 Å². The summed E-state index contributed by atoms with van der Waals surface area (Å²) in [5.74, 6) is 3.09. The third-order valence-corrected chi connectivity index (χ3v) is 6.81. The van der Waals surface area contributed by atoms with Crippen molar-refractivity contribution in [2.24, 2.45) is 16.8 Å². The van der Waals surface area contributed by atoms with Crippen LogP contribution in [-0.2, 0) is 6.42 Å². The number of hydrogen-bond donors (Lipinski definition) is 1. The van der Waals surface area contributed by atoms with Crippen LogP contribution in [-0.4, -0.2) is 66.6 Å². The summed E-state index contributed by atoms with van der Waals surface area (Å²) < 4.78 is 0. The maximum atomic E-state index is 4.53. The van der Waals surface area contributed by atoms with Crippen molar-refractivity contribution in [1.82, 2.24) is 20.1 Å². The van der Waals surface area contributed by atoms with Crippen molar-refractivity contribution in [2.75, 3.05) is 39.8 Å². The first-order valence-electron chi connectivity index (χ1n) is 10.3. The molecule has 4 rings (SSSR count). The zero-order valence-electron chi connectivity index (χ0n) is 16.7. The minimum atomic E-state index is 0. The molecule has 1 saturated heterocycles. The van der Waals surface area contributed by atoms with E-state index in [1.807, 2.05) is 19.4 Å². The van der Waals surface area contributed by atoms with E-state index < -0.39 is 0 Å². The molecule has 0 radical (unpaired) electrons. The van der Waals surface area contributed by atoms with Crippen LogP contribution in [0.5, 0.6) is 0 Å². The highest BCUT2D eigenvalue weighted by Crippen LogP contribution is 2.46. The zero-order chi connectivity index (χ0) is 17.9. The average molecular weight is 483 g/mol. The lowest BCUT2D eigenvalue weighted by Crippen LogP contribution is -2.55. The number of aromatic nitrogens is 1. The van der Waals surface area contributed by atoms with Crippen molar-refractivity contribution in [3.05, 3.63) is 29.6 Å². The van der Waals surface area contributed by atoms with E-state index in [-0.39, 0.29) is 24.0 Å². The number of guanidine groups is 1. The molecule has 0 spiro atoms. The lowest BCUT2D eigenvalue weighted by molar-refractivity contribution is 0.0959. The van der Waals surface area contributed by atoms with E-state index in [0.29, 0.717) is 0 Å². The average Bonchev–Trinajstić information content (AvgIpc) is 3.30. The predicted molar refractivity (Wildman–Crippen MR) is 122 cm³/mol. The Labute approximate surface area is 181 Å². The molecule has 2 heterocycles. The van der Waals surface area contributed by atoms with E-state index >= 15 is 0 Å². The van der Waals surface area contributed by atoms with Crippen LogP contribution < -0.4 is 5.32 Å². The molecule has 5 nitrogen and oxygen atoms in total. The second-order valence-electron chi connectivity index (χ2n) is 8.29. The normalized spacial score (nSPS) is 28.3. The topological polar surface area (TPSA) is 43.8 Å². The molecule has 1 N–H and O–H groups in total. The van der Waals surface area contributed by atoms with Gasteiger partial charge in [-0.1, -0.05) is 6.42 Å². The molecular formula is C21H34IN5. The van der Waals surface area contributed by atoms with E-state index in [0.717, 1.165) is 49.9 Å². The van der Waals surface area contributed by atoms with Crippen molar-refractivity contribution < 1.29 is 0 Å². The van der Waals surface area contributed by atoms with Crippen LogP contribution in [0.1, 0.15) is 36.8 Å². The minimum absolute atomic E-state index is 0.